The van der Waals surface area contributed by atoms with Gasteiger partial charge in [-0.3, -0.25) is 4.79 Å². The number of aryl methyl sites for hydroxylation is 1. The number of nitrogens with zero attached hydrogens (tertiary/aromatic N) is 2. The molecule has 0 aliphatic carbocycles. The van der Waals surface area contributed by atoms with Gasteiger partial charge in [0.2, 0.25) is 5.56 Å². The summed E-state index contributed by atoms with van der Waals surface area (Å²) in [6.07, 6.45) is 1.72. The molecule has 1 atom stereocenters. The van der Waals surface area contributed by atoms with Crippen LogP contribution in [0.15, 0.2) is 70.7 Å². The largest absolute Gasteiger partial charge is 0.508 e. The van der Waals surface area contributed by atoms with Crippen LogP contribution in [0.5, 0.6) is 5.75 Å². The normalized spacial score (nSPS) is 12.8. The molecule has 0 fully saturated rings. The lowest BCUT2D eigenvalue weighted by atomic mass is 9.85. The van der Waals surface area contributed by atoms with E-state index >= 15 is 0 Å². The number of hydrogen-bond acceptors (Lipinski definition) is 4. The number of rotatable bonds is 5. The van der Waals surface area contributed by atoms with E-state index in [0.717, 1.165) is 5.56 Å². The Morgan fingerprint density at radius 2 is 1.89 bits per heavy atom. The molecule has 1 heterocycles. The van der Waals surface area contributed by atoms with Gasteiger partial charge in [-0.15, -0.1) is 0 Å². The Bertz CT molecular complexity index is 1080. The highest BCUT2D eigenvalue weighted by Crippen LogP contribution is 2.33. The Hall–Kier alpha value is -3.12. The number of oxime groups is 1. The lowest BCUT2D eigenvalue weighted by Crippen LogP contribution is -2.18. The summed E-state index contributed by atoms with van der Waals surface area (Å²) in [5.74, 6) is -0.891. The number of aromatic hydroxyl groups is 1. The zero-order valence-corrected chi connectivity index (χ0v) is 15.8. The molecule has 0 aliphatic rings. The molecule has 0 saturated carbocycles. The van der Waals surface area contributed by atoms with Crippen molar-refractivity contribution in [3.63, 3.8) is 0 Å². The fourth-order valence-corrected chi connectivity index (χ4v) is 3.23. The first-order valence-corrected chi connectivity index (χ1v) is 8.88. The fraction of sp³-hybridized carbons (Fsp3) is 0.143. The van der Waals surface area contributed by atoms with Gasteiger partial charge in [-0.05, 0) is 41.5 Å². The molecule has 0 saturated heterocycles. The average Bonchev–Trinajstić information content (AvgIpc) is 2.67. The number of halogens is 2. The zero-order chi connectivity index (χ0) is 20.3. The van der Waals surface area contributed by atoms with Crippen molar-refractivity contribution < 1.29 is 14.7 Å². The molecule has 144 valence electrons. The van der Waals surface area contributed by atoms with Crippen molar-refractivity contribution >= 4 is 17.3 Å². The van der Waals surface area contributed by atoms with Gasteiger partial charge in [-0.1, -0.05) is 35.0 Å². The smallest absolute Gasteiger partial charge is 0.250 e. The third-order valence-electron chi connectivity index (χ3n) is 4.57. The van der Waals surface area contributed by atoms with Crippen LogP contribution >= 0.6 is 11.6 Å². The first-order valence-electron chi connectivity index (χ1n) is 8.51. The Labute approximate surface area is 166 Å². The highest BCUT2D eigenvalue weighted by Gasteiger charge is 2.22. The molecular formula is C21H18ClFN2O3. The Morgan fingerprint density at radius 1 is 1.18 bits per heavy atom. The first kappa shape index (κ1) is 19.6. The average molecular weight is 401 g/mol. The second-order valence-electron chi connectivity index (χ2n) is 6.43. The van der Waals surface area contributed by atoms with Crippen molar-refractivity contribution in [2.45, 2.75) is 12.3 Å². The van der Waals surface area contributed by atoms with Crippen molar-refractivity contribution in [3.8, 4) is 5.75 Å². The van der Waals surface area contributed by atoms with E-state index in [1.165, 1.54) is 28.8 Å². The van der Waals surface area contributed by atoms with Crippen molar-refractivity contribution in [2.24, 2.45) is 12.2 Å². The van der Waals surface area contributed by atoms with Crippen LogP contribution in [0, 0.1) is 5.82 Å². The van der Waals surface area contributed by atoms with Gasteiger partial charge >= 0.3 is 0 Å². The minimum Gasteiger partial charge on any atom is -0.508 e. The van der Waals surface area contributed by atoms with E-state index in [1.807, 2.05) is 0 Å². The standard InChI is InChI=1S/C21H18ClFN2O3/c1-25-12-14(4-9-21(25)27)20(24-28)11-18(13-2-6-16(26)7-3-13)17-8-5-15(22)10-19(17)23/h2-10,12,18,26,28H,11H2,1H3/b24-20+. The van der Waals surface area contributed by atoms with Crippen LogP contribution in [0.25, 0.3) is 0 Å². The number of phenolic OH excluding ortho intramolecular Hbond substituents is 1. The summed E-state index contributed by atoms with van der Waals surface area (Å²) in [5, 5.41) is 22.8. The molecule has 2 aromatic carbocycles. The summed E-state index contributed by atoms with van der Waals surface area (Å²) in [4.78, 5) is 11.6. The predicted octanol–water partition coefficient (Wildman–Crippen LogP) is 4.28. The van der Waals surface area contributed by atoms with E-state index in [1.54, 1.807) is 43.6 Å². The van der Waals surface area contributed by atoms with Gasteiger partial charge in [0, 0.05) is 42.2 Å². The summed E-state index contributed by atoms with van der Waals surface area (Å²) < 4.78 is 16.0. The van der Waals surface area contributed by atoms with Crippen LogP contribution in [-0.2, 0) is 7.05 Å². The van der Waals surface area contributed by atoms with Gasteiger partial charge in [0.25, 0.3) is 0 Å². The number of aromatic nitrogens is 1. The maximum absolute atomic E-state index is 14.7. The van der Waals surface area contributed by atoms with Crippen LogP contribution in [0.1, 0.15) is 29.0 Å². The molecule has 0 aliphatic heterocycles. The third kappa shape index (κ3) is 4.23. The quantitative estimate of drug-likeness (QED) is 0.381. The van der Waals surface area contributed by atoms with Crippen molar-refractivity contribution in [1.82, 2.24) is 4.57 Å². The second kappa shape index (κ2) is 8.27. The van der Waals surface area contributed by atoms with Gasteiger partial charge in [0.1, 0.15) is 11.6 Å². The van der Waals surface area contributed by atoms with Crippen molar-refractivity contribution in [1.29, 1.82) is 0 Å². The Balaban J connectivity index is 2.06. The lowest BCUT2D eigenvalue weighted by Gasteiger charge is -2.20. The monoisotopic (exact) mass is 400 g/mol. The van der Waals surface area contributed by atoms with Gasteiger partial charge < -0.3 is 14.9 Å². The summed E-state index contributed by atoms with van der Waals surface area (Å²) in [5.41, 5.74) is 1.75. The minimum absolute atomic E-state index is 0.0909. The van der Waals surface area contributed by atoms with Crippen LogP contribution in [0.4, 0.5) is 4.39 Å². The molecule has 0 radical (unpaired) electrons. The molecule has 3 aromatic rings. The van der Waals surface area contributed by atoms with E-state index in [2.05, 4.69) is 5.16 Å². The maximum atomic E-state index is 14.7. The van der Waals surface area contributed by atoms with Crippen LogP contribution in [0.2, 0.25) is 5.02 Å². The summed E-state index contributed by atoms with van der Waals surface area (Å²) in [6.45, 7) is 0. The van der Waals surface area contributed by atoms with E-state index in [4.69, 9.17) is 11.6 Å². The molecular weight excluding hydrogens is 383 g/mol. The van der Waals surface area contributed by atoms with Crippen molar-refractivity contribution in [2.75, 3.05) is 0 Å². The summed E-state index contributed by atoms with van der Waals surface area (Å²) in [6, 6.07) is 13.7. The molecule has 3 rings (SSSR count). The maximum Gasteiger partial charge on any atom is 0.250 e. The number of phenols is 1. The molecule has 28 heavy (non-hydrogen) atoms. The van der Waals surface area contributed by atoms with Crippen LogP contribution < -0.4 is 5.56 Å². The van der Waals surface area contributed by atoms with Gasteiger partial charge in [0.05, 0.1) is 5.71 Å². The lowest BCUT2D eigenvalue weighted by molar-refractivity contribution is 0.317. The highest BCUT2D eigenvalue weighted by molar-refractivity contribution is 6.30. The van der Waals surface area contributed by atoms with Crippen LogP contribution in [0.3, 0.4) is 0 Å². The number of benzene rings is 2. The number of hydrogen-bond donors (Lipinski definition) is 2. The molecule has 0 spiro atoms. The molecule has 0 bridgehead atoms. The Morgan fingerprint density at radius 3 is 2.50 bits per heavy atom. The molecule has 7 heteroatoms. The minimum atomic E-state index is -0.499. The van der Waals surface area contributed by atoms with Crippen LogP contribution in [-0.4, -0.2) is 20.6 Å². The van der Waals surface area contributed by atoms with Gasteiger partial charge in [0.15, 0.2) is 0 Å². The second-order valence-corrected chi connectivity index (χ2v) is 6.86. The van der Waals surface area contributed by atoms with E-state index < -0.39 is 11.7 Å². The zero-order valence-electron chi connectivity index (χ0n) is 15.0. The SMILES string of the molecule is Cn1cc(/C(CC(c2ccc(O)cc2)c2ccc(Cl)cc2F)=N/O)ccc1=O. The molecule has 0 amide bonds. The Kier molecular flexibility index (Phi) is 5.80. The van der Waals surface area contributed by atoms with E-state index in [-0.39, 0.29) is 22.8 Å². The van der Waals surface area contributed by atoms with Gasteiger partial charge in [-0.2, -0.15) is 0 Å². The van der Waals surface area contributed by atoms with Gasteiger partial charge in [-0.25, -0.2) is 4.39 Å². The first-order chi connectivity index (χ1) is 13.4. The molecule has 1 aromatic heterocycles. The predicted molar refractivity (Wildman–Crippen MR) is 106 cm³/mol. The molecule has 5 nitrogen and oxygen atoms in total. The highest BCUT2D eigenvalue weighted by atomic mass is 35.5. The molecule has 1 unspecified atom stereocenters. The summed E-state index contributed by atoms with van der Waals surface area (Å²) in [7, 11) is 1.59. The van der Waals surface area contributed by atoms with E-state index in [9.17, 15) is 19.5 Å². The molecule has 2 N–H and O–H groups in total. The van der Waals surface area contributed by atoms with E-state index in [0.29, 0.717) is 16.8 Å². The van der Waals surface area contributed by atoms with Crippen molar-refractivity contribution in [3.05, 3.63) is 98.7 Å². The number of pyridine rings is 1. The fourth-order valence-electron chi connectivity index (χ4n) is 3.07. The third-order valence-corrected chi connectivity index (χ3v) is 4.81. The summed E-state index contributed by atoms with van der Waals surface area (Å²) >= 11 is 5.88. The topological polar surface area (TPSA) is 74.8 Å².